The maximum atomic E-state index is 11.9. The van der Waals surface area contributed by atoms with Gasteiger partial charge in [-0.1, -0.05) is 30.3 Å². The fourth-order valence-corrected chi connectivity index (χ4v) is 2.36. The van der Waals surface area contributed by atoms with Crippen molar-refractivity contribution in [2.24, 2.45) is 0 Å². The Hall–Kier alpha value is -1.48. The third-order valence-electron chi connectivity index (χ3n) is 2.04. The lowest BCUT2D eigenvalue weighted by molar-refractivity contribution is 0.682. The quantitative estimate of drug-likeness (QED) is 0.790. The normalized spacial score (nSPS) is 12.3. The zero-order valence-corrected chi connectivity index (χ0v) is 8.98. The Morgan fingerprint density at radius 1 is 1.07 bits per heavy atom. The van der Waals surface area contributed by atoms with Crippen molar-refractivity contribution in [1.29, 1.82) is 0 Å². The van der Waals surface area contributed by atoms with Crippen molar-refractivity contribution < 1.29 is 4.21 Å². The van der Waals surface area contributed by atoms with Gasteiger partial charge in [0, 0.05) is 12.4 Å². The molecule has 1 heterocycles. The van der Waals surface area contributed by atoms with Crippen LogP contribution in [0.15, 0.2) is 59.8 Å². The minimum absolute atomic E-state index is 0.548. The van der Waals surface area contributed by atoms with Crippen LogP contribution in [-0.2, 0) is 16.6 Å². The number of rotatable bonds is 3. The Kier molecular flexibility index (Phi) is 3.25. The molecule has 1 aromatic heterocycles. The number of hydrogen-bond acceptors (Lipinski definition) is 2. The van der Waals surface area contributed by atoms with Crippen LogP contribution in [0.3, 0.4) is 0 Å². The maximum absolute atomic E-state index is 11.9. The molecular formula is C12H11NOS. The summed E-state index contributed by atoms with van der Waals surface area (Å²) in [6, 6.07) is 13.5. The maximum Gasteiger partial charge on any atom is 0.0589 e. The van der Waals surface area contributed by atoms with Crippen LogP contribution in [0.25, 0.3) is 0 Å². The lowest BCUT2D eigenvalue weighted by Crippen LogP contribution is -1.96. The van der Waals surface area contributed by atoms with Crippen molar-refractivity contribution in [3.05, 3.63) is 60.4 Å². The van der Waals surface area contributed by atoms with Crippen molar-refractivity contribution in [2.75, 3.05) is 0 Å². The van der Waals surface area contributed by atoms with Gasteiger partial charge in [0.15, 0.2) is 0 Å². The fourth-order valence-electron chi connectivity index (χ4n) is 1.29. The molecule has 0 bridgehead atoms. The lowest BCUT2D eigenvalue weighted by atomic mass is 10.2. The van der Waals surface area contributed by atoms with Gasteiger partial charge in [-0.05, 0) is 17.7 Å². The Labute approximate surface area is 91.4 Å². The molecule has 0 aliphatic heterocycles. The van der Waals surface area contributed by atoms with Gasteiger partial charge in [0.2, 0.25) is 0 Å². The smallest absolute Gasteiger partial charge is 0.0589 e. The largest absolute Gasteiger partial charge is 0.263 e. The highest BCUT2D eigenvalue weighted by Crippen LogP contribution is 2.10. The van der Waals surface area contributed by atoms with Gasteiger partial charge in [-0.3, -0.25) is 9.19 Å². The van der Waals surface area contributed by atoms with Crippen molar-refractivity contribution in [3.63, 3.8) is 0 Å². The highest BCUT2D eigenvalue weighted by molar-refractivity contribution is 7.84. The van der Waals surface area contributed by atoms with E-state index in [0.717, 1.165) is 10.5 Å². The van der Waals surface area contributed by atoms with E-state index in [-0.39, 0.29) is 0 Å². The van der Waals surface area contributed by atoms with Gasteiger partial charge in [-0.2, -0.15) is 0 Å². The van der Waals surface area contributed by atoms with Crippen LogP contribution in [0.5, 0.6) is 0 Å². The van der Waals surface area contributed by atoms with E-state index in [1.807, 2.05) is 36.4 Å². The molecule has 76 valence electrons. The van der Waals surface area contributed by atoms with Crippen LogP contribution < -0.4 is 0 Å². The van der Waals surface area contributed by atoms with Gasteiger partial charge in [-0.25, -0.2) is 0 Å². The van der Waals surface area contributed by atoms with Crippen LogP contribution in [0, 0.1) is 0 Å². The topological polar surface area (TPSA) is 30.0 Å². The van der Waals surface area contributed by atoms with Crippen molar-refractivity contribution in [3.8, 4) is 0 Å². The Morgan fingerprint density at radius 2 is 1.87 bits per heavy atom. The minimum Gasteiger partial charge on any atom is -0.263 e. The second-order valence-corrected chi connectivity index (χ2v) is 4.62. The van der Waals surface area contributed by atoms with E-state index in [2.05, 4.69) is 4.98 Å². The van der Waals surface area contributed by atoms with Gasteiger partial charge in [0.25, 0.3) is 0 Å². The first-order chi connectivity index (χ1) is 7.36. The van der Waals surface area contributed by atoms with Crippen molar-refractivity contribution in [2.45, 2.75) is 10.6 Å². The Balaban J connectivity index is 2.12. The molecule has 0 amide bonds. The highest BCUT2D eigenvalue weighted by Gasteiger charge is 2.03. The zero-order chi connectivity index (χ0) is 10.5. The van der Waals surface area contributed by atoms with Crippen LogP contribution in [0.1, 0.15) is 5.56 Å². The van der Waals surface area contributed by atoms with E-state index in [9.17, 15) is 4.21 Å². The molecule has 1 aromatic carbocycles. The SMILES string of the molecule is O=S(Cc1ccccc1)c1cccnc1. The average molecular weight is 217 g/mol. The molecule has 0 aliphatic carbocycles. The van der Waals surface area contributed by atoms with Gasteiger partial charge in [0.1, 0.15) is 0 Å². The summed E-state index contributed by atoms with van der Waals surface area (Å²) in [6.45, 7) is 0. The molecule has 15 heavy (non-hydrogen) atoms. The number of nitrogens with zero attached hydrogens (tertiary/aromatic N) is 1. The van der Waals surface area contributed by atoms with E-state index in [0.29, 0.717) is 5.75 Å². The summed E-state index contributed by atoms with van der Waals surface area (Å²) in [5.74, 6) is 0.548. The lowest BCUT2D eigenvalue weighted by Gasteiger charge is -2.01. The molecule has 0 fully saturated rings. The summed E-state index contributed by atoms with van der Waals surface area (Å²) in [4.78, 5) is 4.73. The van der Waals surface area contributed by atoms with Gasteiger partial charge >= 0.3 is 0 Å². The first kappa shape index (κ1) is 10.1. The summed E-state index contributed by atoms with van der Waals surface area (Å²) in [6.07, 6.45) is 3.34. The molecule has 2 rings (SSSR count). The van der Waals surface area contributed by atoms with E-state index < -0.39 is 10.8 Å². The second kappa shape index (κ2) is 4.84. The molecule has 3 heteroatoms. The molecule has 0 saturated heterocycles. The van der Waals surface area contributed by atoms with E-state index >= 15 is 0 Å². The third-order valence-corrected chi connectivity index (χ3v) is 3.40. The molecule has 1 unspecified atom stereocenters. The summed E-state index contributed by atoms with van der Waals surface area (Å²) in [7, 11) is -0.997. The molecule has 0 N–H and O–H groups in total. The third kappa shape index (κ3) is 2.73. The summed E-state index contributed by atoms with van der Waals surface area (Å²) in [5, 5.41) is 0. The molecule has 0 saturated carbocycles. The molecular weight excluding hydrogens is 206 g/mol. The monoisotopic (exact) mass is 217 g/mol. The Bertz CT molecular complexity index is 442. The van der Waals surface area contributed by atoms with E-state index in [4.69, 9.17) is 0 Å². The van der Waals surface area contributed by atoms with Crippen LogP contribution in [0.4, 0.5) is 0 Å². The highest BCUT2D eigenvalue weighted by atomic mass is 32.2. The average Bonchev–Trinajstić information content (AvgIpc) is 2.31. The number of hydrogen-bond donors (Lipinski definition) is 0. The van der Waals surface area contributed by atoms with E-state index in [1.54, 1.807) is 18.5 Å². The number of pyridine rings is 1. The molecule has 0 radical (unpaired) electrons. The predicted molar refractivity (Wildman–Crippen MR) is 60.8 cm³/mol. The first-order valence-electron chi connectivity index (χ1n) is 4.68. The molecule has 2 aromatic rings. The molecule has 2 nitrogen and oxygen atoms in total. The van der Waals surface area contributed by atoms with Gasteiger partial charge in [-0.15, -0.1) is 0 Å². The van der Waals surface area contributed by atoms with Crippen LogP contribution in [0.2, 0.25) is 0 Å². The zero-order valence-electron chi connectivity index (χ0n) is 8.17. The van der Waals surface area contributed by atoms with Crippen molar-refractivity contribution >= 4 is 10.8 Å². The van der Waals surface area contributed by atoms with Crippen LogP contribution in [-0.4, -0.2) is 9.19 Å². The molecule has 1 atom stereocenters. The Morgan fingerprint density at radius 3 is 2.53 bits per heavy atom. The molecule has 0 spiro atoms. The first-order valence-corrected chi connectivity index (χ1v) is 6.00. The fraction of sp³-hybridized carbons (Fsp3) is 0.0833. The second-order valence-electron chi connectivity index (χ2n) is 3.16. The number of benzene rings is 1. The molecule has 0 aliphatic rings. The van der Waals surface area contributed by atoms with E-state index in [1.165, 1.54) is 0 Å². The predicted octanol–water partition coefficient (Wildman–Crippen LogP) is 2.39. The van der Waals surface area contributed by atoms with Crippen LogP contribution >= 0.6 is 0 Å². The van der Waals surface area contributed by atoms with Gasteiger partial charge < -0.3 is 0 Å². The summed E-state index contributed by atoms with van der Waals surface area (Å²) in [5.41, 5.74) is 1.08. The number of aromatic nitrogens is 1. The minimum atomic E-state index is -0.997. The summed E-state index contributed by atoms with van der Waals surface area (Å²) >= 11 is 0. The van der Waals surface area contributed by atoms with Crippen molar-refractivity contribution in [1.82, 2.24) is 4.98 Å². The standard InChI is InChI=1S/C12H11NOS/c14-15(12-7-4-8-13-9-12)10-11-5-2-1-3-6-11/h1-9H,10H2. The summed E-state index contributed by atoms with van der Waals surface area (Å²) < 4.78 is 11.9. The van der Waals surface area contributed by atoms with Gasteiger partial charge in [0.05, 0.1) is 21.4 Å².